The molecule has 0 bridgehead atoms. The first-order valence-corrected chi connectivity index (χ1v) is 9.23. The van der Waals surface area contributed by atoms with Crippen molar-refractivity contribution in [1.29, 1.82) is 0 Å². The molecule has 0 N–H and O–H groups in total. The maximum absolute atomic E-state index is 14.0. The highest BCUT2D eigenvalue weighted by Gasteiger charge is 2.31. The van der Waals surface area contributed by atoms with E-state index < -0.39 is 0 Å². The van der Waals surface area contributed by atoms with Crippen LogP contribution in [0.15, 0.2) is 54.7 Å². The third kappa shape index (κ3) is 3.25. The van der Waals surface area contributed by atoms with Crippen LogP contribution in [0.5, 0.6) is 0 Å². The van der Waals surface area contributed by atoms with E-state index in [1.165, 1.54) is 21.9 Å². The molecule has 3 aromatic rings. The molecule has 1 atom stereocenters. The Bertz CT molecular complexity index is 995. The van der Waals surface area contributed by atoms with Gasteiger partial charge in [0.05, 0.1) is 6.04 Å². The van der Waals surface area contributed by atoms with Gasteiger partial charge in [0.15, 0.2) is 5.69 Å². The fraction of sp³-hybridized carbons (Fsp3) is 0.273. The normalized spacial score (nSPS) is 16.7. The molecule has 4 nitrogen and oxygen atoms in total. The molecule has 2 aromatic carbocycles. The van der Waals surface area contributed by atoms with Crippen molar-refractivity contribution in [2.45, 2.75) is 32.7 Å². The lowest BCUT2D eigenvalue weighted by Gasteiger charge is -2.25. The first kappa shape index (κ1) is 17.5. The molecule has 0 saturated carbocycles. The molecule has 138 valence electrons. The van der Waals surface area contributed by atoms with Crippen molar-refractivity contribution in [3.8, 4) is 5.69 Å². The number of para-hydroxylation sites is 1. The number of hydrogen-bond acceptors (Lipinski definition) is 2. The number of carbonyl (C=O) groups is 1. The standard InChI is InChI=1S/C22H22FN3O/c1-15-9-10-17(14-16(15)2)20-8-5-12-25(20)22(27)19-11-13-26(24-19)21-7-4-3-6-18(21)23/h3-4,6-7,9-11,13-14,20H,5,8,12H2,1-2H3/t20-/m1/s1. The number of aromatic nitrogens is 2. The maximum atomic E-state index is 14.0. The van der Waals surface area contributed by atoms with Gasteiger partial charge >= 0.3 is 0 Å². The minimum Gasteiger partial charge on any atom is -0.330 e. The minimum absolute atomic E-state index is 0.0652. The zero-order chi connectivity index (χ0) is 19.0. The highest BCUT2D eigenvalue weighted by atomic mass is 19.1. The second-order valence-corrected chi connectivity index (χ2v) is 7.10. The smallest absolute Gasteiger partial charge is 0.274 e. The van der Waals surface area contributed by atoms with Crippen molar-refractivity contribution in [1.82, 2.24) is 14.7 Å². The van der Waals surface area contributed by atoms with E-state index >= 15 is 0 Å². The van der Waals surface area contributed by atoms with E-state index in [9.17, 15) is 9.18 Å². The topological polar surface area (TPSA) is 38.1 Å². The van der Waals surface area contributed by atoms with Gasteiger partial charge in [0.2, 0.25) is 0 Å². The summed E-state index contributed by atoms with van der Waals surface area (Å²) < 4.78 is 15.4. The zero-order valence-electron chi connectivity index (χ0n) is 15.5. The lowest BCUT2D eigenvalue weighted by atomic mass is 9.99. The molecule has 5 heteroatoms. The summed E-state index contributed by atoms with van der Waals surface area (Å²) in [5.74, 6) is -0.473. The molecule has 1 saturated heterocycles. The molecular weight excluding hydrogens is 341 g/mol. The third-order valence-electron chi connectivity index (χ3n) is 5.34. The average molecular weight is 363 g/mol. The van der Waals surface area contributed by atoms with Crippen LogP contribution in [-0.2, 0) is 0 Å². The van der Waals surface area contributed by atoms with E-state index in [4.69, 9.17) is 0 Å². The fourth-order valence-electron chi connectivity index (χ4n) is 3.69. The van der Waals surface area contributed by atoms with Crippen LogP contribution in [0.4, 0.5) is 4.39 Å². The van der Waals surface area contributed by atoms with E-state index in [1.54, 1.807) is 30.5 Å². The molecule has 0 aliphatic carbocycles. The summed E-state index contributed by atoms with van der Waals surface area (Å²) in [5.41, 5.74) is 4.32. The SMILES string of the molecule is Cc1ccc([C@H]2CCCN2C(=O)c2ccn(-c3ccccc3F)n2)cc1C. The first-order chi connectivity index (χ1) is 13.0. The van der Waals surface area contributed by atoms with Gasteiger partial charge in [-0.25, -0.2) is 9.07 Å². The Kier molecular flexibility index (Phi) is 4.52. The number of carbonyl (C=O) groups excluding carboxylic acids is 1. The van der Waals surface area contributed by atoms with Gasteiger partial charge in [-0.3, -0.25) is 4.79 Å². The number of hydrogen-bond donors (Lipinski definition) is 0. The maximum Gasteiger partial charge on any atom is 0.274 e. The summed E-state index contributed by atoms with van der Waals surface area (Å²) >= 11 is 0. The van der Waals surface area contributed by atoms with Crippen molar-refractivity contribution in [2.24, 2.45) is 0 Å². The number of amides is 1. The summed E-state index contributed by atoms with van der Waals surface area (Å²) in [4.78, 5) is 15.0. The Balaban J connectivity index is 1.60. The third-order valence-corrected chi connectivity index (χ3v) is 5.34. The van der Waals surface area contributed by atoms with Gasteiger partial charge in [-0.1, -0.05) is 30.3 Å². The molecule has 1 aliphatic rings. The fourth-order valence-corrected chi connectivity index (χ4v) is 3.69. The lowest BCUT2D eigenvalue weighted by Crippen LogP contribution is -2.31. The quantitative estimate of drug-likeness (QED) is 0.682. The van der Waals surface area contributed by atoms with Gasteiger partial charge in [-0.05, 0) is 61.6 Å². The Morgan fingerprint density at radius 3 is 2.70 bits per heavy atom. The molecule has 1 amide bonds. The molecule has 0 radical (unpaired) electrons. The summed E-state index contributed by atoms with van der Waals surface area (Å²) in [6, 6.07) is 14.5. The molecule has 2 heterocycles. The number of halogens is 1. The first-order valence-electron chi connectivity index (χ1n) is 9.23. The van der Waals surface area contributed by atoms with E-state index in [0.717, 1.165) is 18.4 Å². The predicted molar refractivity (Wildman–Crippen MR) is 102 cm³/mol. The number of aryl methyl sites for hydroxylation is 2. The van der Waals surface area contributed by atoms with Gasteiger partial charge in [0.25, 0.3) is 5.91 Å². The zero-order valence-corrected chi connectivity index (χ0v) is 15.5. The van der Waals surface area contributed by atoms with Crippen LogP contribution >= 0.6 is 0 Å². The van der Waals surface area contributed by atoms with Crippen LogP contribution in [0.2, 0.25) is 0 Å². The van der Waals surface area contributed by atoms with Crippen LogP contribution in [0.25, 0.3) is 5.69 Å². The van der Waals surface area contributed by atoms with Crippen LogP contribution in [0.3, 0.4) is 0 Å². The number of benzene rings is 2. The van der Waals surface area contributed by atoms with E-state index in [0.29, 0.717) is 17.9 Å². The van der Waals surface area contributed by atoms with E-state index in [1.807, 2.05) is 4.90 Å². The second kappa shape index (κ2) is 6.99. The molecular formula is C22H22FN3O. The highest BCUT2D eigenvalue weighted by molar-refractivity contribution is 5.92. The summed E-state index contributed by atoms with van der Waals surface area (Å²) in [7, 11) is 0. The lowest BCUT2D eigenvalue weighted by molar-refractivity contribution is 0.0729. The van der Waals surface area contributed by atoms with Gasteiger partial charge in [-0.15, -0.1) is 0 Å². The summed E-state index contributed by atoms with van der Waals surface area (Å²) in [6.45, 7) is 4.89. The Morgan fingerprint density at radius 2 is 1.93 bits per heavy atom. The number of rotatable bonds is 3. The van der Waals surface area contributed by atoms with Gasteiger partial charge in [-0.2, -0.15) is 5.10 Å². The van der Waals surface area contributed by atoms with Crippen molar-refractivity contribution in [2.75, 3.05) is 6.54 Å². The van der Waals surface area contributed by atoms with Crippen LogP contribution in [-0.4, -0.2) is 27.1 Å². The molecule has 1 aromatic heterocycles. The van der Waals surface area contributed by atoms with E-state index in [-0.39, 0.29) is 17.8 Å². The molecule has 4 rings (SSSR count). The second-order valence-electron chi connectivity index (χ2n) is 7.10. The van der Waals surface area contributed by atoms with Crippen LogP contribution in [0, 0.1) is 19.7 Å². The van der Waals surface area contributed by atoms with Crippen molar-refractivity contribution >= 4 is 5.91 Å². The Labute approximate surface area is 158 Å². The molecule has 1 fully saturated rings. The predicted octanol–water partition coefficient (Wildman–Crippen LogP) is 4.61. The number of nitrogens with zero attached hydrogens (tertiary/aromatic N) is 3. The van der Waals surface area contributed by atoms with Gasteiger partial charge < -0.3 is 4.90 Å². The number of likely N-dealkylation sites (tertiary alicyclic amines) is 1. The van der Waals surface area contributed by atoms with Crippen LogP contribution in [0.1, 0.15) is 46.1 Å². The van der Waals surface area contributed by atoms with E-state index in [2.05, 4.69) is 37.1 Å². The average Bonchev–Trinajstić information content (AvgIpc) is 3.33. The Morgan fingerprint density at radius 1 is 1.11 bits per heavy atom. The molecule has 0 spiro atoms. The Hall–Kier alpha value is -2.95. The van der Waals surface area contributed by atoms with Crippen molar-refractivity contribution in [3.63, 3.8) is 0 Å². The molecule has 1 aliphatic heterocycles. The van der Waals surface area contributed by atoms with Crippen LogP contribution < -0.4 is 0 Å². The van der Waals surface area contributed by atoms with Crippen molar-refractivity contribution in [3.05, 3.63) is 82.9 Å². The molecule has 27 heavy (non-hydrogen) atoms. The minimum atomic E-state index is -0.367. The highest BCUT2D eigenvalue weighted by Crippen LogP contribution is 2.33. The molecule has 0 unspecified atom stereocenters. The summed E-state index contributed by atoms with van der Waals surface area (Å²) in [6.07, 6.45) is 3.55. The monoisotopic (exact) mass is 363 g/mol. The largest absolute Gasteiger partial charge is 0.330 e. The van der Waals surface area contributed by atoms with Gasteiger partial charge in [0.1, 0.15) is 11.5 Å². The van der Waals surface area contributed by atoms with Gasteiger partial charge in [0, 0.05) is 12.7 Å². The summed E-state index contributed by atoms with van der Waals surface area (Å²) in [5, 5.41) is 4.33. The van der Waals surface area contributed by atoms with Crippen molar-refractivity contribution < 1.29 is 9.18 Å².